The lowest BCUT2D eigenvalue weighted by Crippen LogP contribution is -2.50. The molecule has 0 unspecified atom stereocenters. The van der Waals surface area contributed by atoms with Crippen LogP contribution in [0.3, 0.4) is 0 Å². The molecule has 2 aromatic heterocycles. The normalized spacial score (nSPS) is 15.1. The van der Waals surface area contributed by atoms with Gasteiger partial charge in [-0.15, -0.1) is 0 Å². The standard InChI is InChI=1S/C21H22N4O5S/c1-15-20(16(2)30-23-15)31(27,28)25-12-10-24(11-13-25)21(26)17-5-7-18(8-6-17)29-19-4-3-9-22-14-19/h3-9,14H,10-13H2,1-2H3. The first-order valence-electron chi connectivity index (χ1n) is 9.76. The van der Waals surface area contributed by atoms with E-state index in [1.54, 1.807) is 67.5 Å². The van der Waals surface area contributed by atoms with Crippen LogP contribution in [0.4, 0.5) is 0 Å². The molecule has 4 rings (SSSR count). The minimum atomic E-state index is -3.71. The maximum atomic E-state index is 12.9. The monoisotopic (exact) mass is 442 g/mol. The summed E-state index contributed by atoms with van der Waals surface area (Å²) in [7, 11) is -3.71. The zero-order chi connectivity index (χ0) is 22.0. The minimum absolute atomic E-state index is 0.108. The summed E-state index contributed by atoms with van der Waals surface area (Å²) in [5.74, 6) is 1.32. The van der Waals surface area contributed by atoms with Gasteiger partial charge in [-0.05, 0) is 50.2 Å². The first kappa shape index (κ1) is 21.0. The van der Waals surface area contributed by atoms with Crippen molar-refractivity contribution >= 4 is 15.9 Å². The van der Waals surface area contributed by atoms with Crippen molar-refractivity contribution in [1.29, 1.82) is 0 Å². The van der Waals surface area contributed by atoms with Crippen LogP contribution in [-0.2, 0) is 10.0 Å². The van der Waals surface area contributed by atoms with E-state index in [1.807, 2.05) is 0 Å². The molecule has 9 nitrogen and oxygen atoms in total. The molecule has 1 aliphatic rings. The zero-order valence-electron chi connectivity index (χ0n) is 17.2. The molecule has 162 valence electrons. The number of aromatic nitrogens is 2. The Morgan fingerprint density at radius 3 is 2.32 bits per heavy atom. The van der Waals surface area contributed by atoms with Crippen LogP contribution in [0.15, 0.2) is 58.2 Å². The van der Waals surface area contributed by atoms with E-state index in [0.717, 1.165) is 0 Å². The third-order valence-electron chi connectivity index (χ3n) is 5.06. The van der Waals surface area contributed by atoms with Gasteiger partial charge in [-0.25, -0.2) is 8.42 Å². The van der Waals surface area contributed by atoms with E-state index in [4.69, 9.17) is 9.26 Å². The Bertz CT molecular complexity index is 1150. The highest BCUT2D eigenvalue weighted by Gasteiger charge is 2.34. The summed E-state index contributed by atoms with van der Waals surface area (Å²) < 4.78 is 37.9. The Labute approximate surface area is 180 Å². The average Bonchev–Trinajstić information content (AvgIpc) is 3.13. The lowest BCUT2D eigenvalue weighted by Gasteiger charge is -2.34. The lowest BCUT2D eigenvalue weighted by molar-refractivity contribution is 0.0697. The number of sulfonamides is 1. The molecule has 1 aromatic carbocycles. The third kappa shape index (κ3) is 4.30. The van der Waals surface area contributed by atoms with Crippen molar-refractivity contribution in [3.05, 3.63) is 65.8 Å². The topological polar surface area (TPSA) is 106 Å². The highest BCUT2D eigenvalue weighted by molar-refractivity contribution is 7.89. The summed E-state index contributed by atoms with van der Waals surface area (Å²) in [4.78, 5) is 18.6. The van der Waals surface area contributed by atoms with Gasteiger partial charge in [0, 0.05) is 37.9 Å². The molecule has 3 aromatic rings. The van der Waals surface area contributed by atoms with Crippen LogP contribution >= 0.6 is 0 Å². The summed E-state index contributed by atoms with van der Waals surface area (Å²) in [6.07, 6.45) is 3.27. The van der Waals surface area contributed by atoms with E-state index < -0.39 is 10.0 Å². The largest absolute Gasteiger partial charge is 0.456 e. The average molecular weight is 442 g/mol. The van der Waals surface area contributed by atoms with Gasteiger partial charge in [0.05, 0.1) is 6.20 Å². The van der Waals surface area contributed by atoms with Gasteiger partial charge in [0.1, 0.15) is 22.1 Å². The molecule has 1 saturated heterocycles. The van der Waals surface area contributed by atoms with Gasteiger partial charge in [-0.2, -0.15) is 4.31 Å². The zero-order valence-corrected chi connectivity index (χ0v) is 18.0. The number of hydrogen-bond acceptors (Lipinski definition) is 7. The maximum Gasteiger partial charge on any atom is 0.253 e. The molecule has 3 heterocycles. The molecule has 10 heteroatoms. The molecule has 0 radical (unpaired) electrons. The minimum Gasteiger partial charge on any atom is -0.456 e. The van der Waals surface area contributed by atoms with Gasteiger partial charge >= 0.3 is 0 Å². The van der Waals surface area contributed by atoms with Crippen molar-refractivity contribution in [3.63, 3.8) is 0 Å². The molecule has 0 N–H and O–H groups in total. The number of aryl methyl sites for hydroxylation is 2. The van der Waals surface area contributed by atoms with Crippen molar-refractivity contribution in [2.75, 3.05) is 26.2 Å². The summed E-state index contributed by atoms with van der Waals surface area (Å²) in [6.45, 7) is 4.20. The van der Waals surface area contributed by atoms with Crippen molar-refractivity contribution in [2.45, 2.75) is 18.7 Å². The molecule has 0 saturated carbocycles. The number of piperazine rings is 1. The smallest absolute Gasteiger partial charge is 0.253 e. The first-order valence-corrected chi connectivity index (χ1v) is 11.2. The molecule has 0 bridgehead atoms. The van der Waals surface area contributed by atoms with Crippen LogP contribution < -0.4 is 4.74 Å². The molecular weight excluding hydrogens is 420 g/mol. The van der Waals surface area contributed by atoms with Gasteiger partial charge in [0.25, 0.3) is 5.91 Å². The second-order valence-electron chi connectivity index (χ2n) is 7.16. The lowest BCUT2D eigenvalue weighted by atomic mass is 10.2. The van der Waals surface area contributed by atoms with Gasteiger partial charge in [-0.1, -0.05) is 5.16 Å². The number of carbonyl (C=O) groups excluding carboxylic acids is 1. The van der Waals surface area contributed by atoms with Gasteiger partial charge in [0.2, 0.25) is 10.0 Å². The maximum absolute atomic E-state index is 12.9. The number of benzene rings is 1. The Morgan fingerprint density at radius 2 is 1.74 bits per heavy atom. The molecule has 0 aliphatic carbocycles. The van der Waals surface area contributed by atoms with Crippen molar-refractivity contribution in [3.8, 4) is 11.5 Å². The SMILES string of the molecule is Cc1noc(C)c1S(=O)(=O)N1CCN(C(=O)c2ccc(Oc3cccnc3)cc2)CC1. The number of carbonyl (C=O) groups is 1. The van der Waals surface area contributed by atoms with Crippen molar-refractivity contribution in [1.82, 2.24) is 19.3 Å². The molecule has 1 amide bonds. The number of amides is 1. The summed E-state index contributed by atoms with van der Waals surface area (Å²) in [5, 5.41) is 3.73. The number of pyridine rings is 1. The van der Waals surface area contributed by atoms with Gasteiger partial charge < -0.3 is 14.2 Å². The van der Waals surface area contributed by atoms with Crippen LogP contribution in [0, 0.1) is 13.8 Å². The predicted octanol–water partition coefficient (Wildman–Crippen LogP) is 2.63. The molecule has 1 fully saturated rings. The van der Waals surface area contributed by atoms with Crippen LogP contribution in [0.5, 0.6) is 11.5 Å². The molecule has 0 spiro atoms. The quantitative estimate of drug-likeness (QED) is 0.598. The van der Waals surface area contributed by atoms with Crippen LogP contribution in [-0.4, -0.2) is 59.8 Å². The number of ether oxygens (including phenoxy) is 1. The Balaban J connectivity index is 1.39. The number of rotatable bonds is 5. The molecule has 31 heavy (non-hydrogen) atoms. The fourth-order valence-electron chi connectivity index (χ4n) is 3.50. The molecular formula is C21H22N4O5S. The van der Waals surface area contributed by atoms with E-state index in [2.05, 4.69) is 10.1 Å². The summed E-state index contributed by atoms with van der Waals surface area (Å²) in [6, 6.07) is 10.4. The number of hydrogen-bond donors (Lipinski definition) is 0. The van der Waals surface area contributed by atoms with Crippen LogP contribution in [0.1, 0.15) is 21.8 Å². The Morgan fingerprint density at radius 1 is 1.03 bits per heavy atom. The fourth-order valence-corrected chi connectivity index (χ4v) is 5.21. The molecule has 1 aliphatic heterocycles. The molecule has 0 atom stereocenters. The van der Waals surface area contributed by atoms with E-state index in [1.165, 1.54) is 4.31 Å². The highest BCUT2D eigenvalue weighted by Crippen LogP contribution is 2.25. The van der Waals surface area contributed by atoms with E-state index in [-0.39, 0.29) is 29.7 Å². The van der Waals surface area contributed by atoms with E-state index in [9.17, 15) is 13.2 Å². The summed E-state index contributed by atoms with van der Waals surface area (Å²) >= 11 is 0. The number of nitrogens with zero attached hydrogens (tertiary/aromatic N) is 4. The van der Waals surface area contributed by atoms with Crippen molar-refractivity contribution in [2.24, 2.45) is 0 Å². The predicted molar refractivity (Wildman–Crippen MR) is 111 cm³/mol. The highest BCUT2D eigenvalue weighted by atomic mass is 32.2. The fraction of sp³-hybridized carbons (Fsp3) is 0.286. The second kappa shape index (κ2) is 8.48. The summed E-state index contributed by atoms with van der Waals surface area (Å²) in [5.41, 5.74) is 0.852. The first-order chi connectivity index (χ1) is 14.9. The van der Waals surface area contributed by atoms with E-state index >= 15 is 0 Å². The van der Waals surface area contributed by atoms with Crippen LogP contribution in [0.2, 0.25) is 0 Å². The van der Waals surface area contributed by atoms with Gasteiger partial charge in [-0.3, -0.25) is 9.78 Å². The Hall–Kier alpha value is -3.24. The van der Waals surface area contributed by atoms with Crippen LogP contribution in [0.25, 0.3) is 0 Å². The Kier molecular flexibility index (Phi) is 5.75. The third-order valence-corrected chi connectivity index (χ3v) is 7.21. The van der Waals surface area contributed by atoms with Crippen molar-refractivity contribution < 1.29 is 22.5 Å². The van der Waals surface area contributed by atoms with Gasteiger partial charge in [0.15, 0.2) is 5.76 Å². The van der Waals surface area contributed by atoms with E-state index in [0.29, 0.717) is 35.8 Å². The second-order valence-corrected chi connectivity index (χ2v) is 9.04.